The molecule has 0 radical (unpaired) electrons. The first-order chi connectivity index (χ1) is 15.1. The largest absolute Gasteiger partial charge is 0.490 e. The molecule has 14 heteroatoms. The third kappa shape index (κ3) is 5.90. The van der Waals surface area contributed by atoms with Crippen molar-refractivity contribution in [3.05, 3.63) is 36.2 Å². The van der Waals surface area contributed by atoms with Gasteiger partial charge in [-0.05, 0) is 18.9 Å². The molecule has 2 aromatic rings. The molecule has 0 spiro atoms. The van der Waals surface area contributed by atoms with Crippen molar-refractivity contribution in [3.8, 4) is 0 Å². The van der Waals surface area contributed by atoms with Gasteiger partial charge in [-0.2, -0.15) is 18.3 Å². The summed E-state index contributed by atoms with van der Waals surface area (Å²) in [5.74, 6) is -2.83. The van der Waals surface area contributed by atoms with Crippen molar-refractivity contribution in [3.63, 3.8) is 0 Å². The maximum absolute atomic E-state index is 13.1. The molecule has 2 aliphatic heterocycles. The van der Waals surface area contributed by atoms with Gasteiger partial charge in [0.2, 0.25) is 11.9 Å². The number of amides is 1. The Morgan fingerprint density at radius 1 is 1.22 bits per heavy atom. The second kappa shape index (κ2) is 9.89. The molecule has 0 aromatic carbocycles. The van der Waals surface area contributed by atoms with Gasteiger partial charge in [0.25, 0.3) is 0 Å². The number of alkyl halides is 3. The first-order valence-corrected chi connectivity index (χ1v) is 9.63. The van der Waals surface area contributed by atoms with E-state index in [1.807, 2.05) is 15.6 Å². The molecule has 4 heterocycles. The van der Waals surface area contributed by atoms with E-state index in [-0.39, 0.29) is 18.4 Å². The molecule has 1 N–H and O–H groups in total. The summed E-state index contributed by atoms with van der Waals surface area (Å²) in [6, 6.07) is 1.76. The summed E-state index contributed by atoms with van der Waals surface area (Å²) < 4.78 is 46.7. The molecule has 2 aliphatic rings. The minimum absolute atomic E-state index is 0.0481. The van der Waals surface area contributed by atoms with Crippen LogP contribution in [0.15, 0.2) is 24.7 Å². The molecule has 1 atom stereocenters. The molecule has 1 saturated heterocycles. The Morgan fingerprint density at radius 3 is 2.50 bits per heavy atom. The summed E-state index contributed by atoms with van der Waals surface area (Å²) in [4.78, 5) is 36.9. The monoisotopic (exact) mass is 460 g/mol. The van der Waals surface area contributed by atoms with Crippen LogP contribution in [0.1, 0.15) is 31.0 Å². The smallest absolute Gasteiger partial charge is 0.475 e. The molecule has 174 valence electrons. The Hall–Kier alpha value is -3.29. The van der Waals surface area contributed by atoms with Crippen LogP contribution in [0.4, 0.5) is 23.5 Å². The van der Waals surface area contributed by atoms with E-state index in [0.717, 1.165) is 30.9 Å². The minimum atomic E-state index is -5.08. The highest BCUT2D eigenvalue weighted by Gasteiger charge is 2.38. The number of aromatic nitrogens is 4. The zero-order valence-electron chi connectivity index (χ0n) is 16.7. The maximum atomic E-state index is 13.1. The average Bonchev–Trinajstić information content (AvgIpc) is 3.24. The van der Waals surface area contributed by atoms with Crippen LogP contribution in [0.2, 0.25) is 0 Å². The van der Waals surface area contributed by atoms with Gasteiger partial charge >= 0.3 is 12.1 Å². The number of aliphatic carboxylic acids is 1. The molecule has 0 bridgehead atoms. The van der Waals surface area contributed by atoms with E-state index >= 15 is 0 Å². The fourth-order valence-corrected chi connectivity index (χ4v) is 3.26. The average molecular weight is 460 g/mol. The Labute approximate surface area is 179 Å². The van der Waals surface area contributed by atoms with Crippen molar-refractivity contribution in [1.82, 2.24) is 24.8 Å². The van der Waals surface area contributed by atoms with Crippen molar-refractivity contribution in [2.24, 2.45) is 0 Å². The molecule has 0 saturated carbocycles. The number of rotatable bonds is 3. The summed E-state index contributed by atoms with van der Waals surface area (Å²) in [7, 11) is 0. The number of nitrogens with zero attached hydrogens (tertiary/aromatic N) is 6. The van der Waals surface area contributed by atoms with Gasteiger partial charge in [0.15, 0.2) is 5.82 Å². The summed E-state index contributed by atoms with van der Waals surface area (Å²) in [5.41, 5.74) is 0.969. The lowest BCUT2D eigenvalue weighted by atomic mass is 10.1. The van der Waals surface area contributed by atoms with Gasteiger partial charge in [0.1, 0.15) is 0 Å². The van der Waals surface area contributed by atoms with Crippen molar-refractivity contribution in [2.45, 2.75) is 38.0 Å². The number of fused-ring (bicyclic) bond motifs is 1. The number of anilines is 1. The number of hydrogen-bond donors (Lipinski definition) is 1. The second-order valence-corrected chi connectivity index (χ2v) is 7.05. The van der Waals surface area contributed by atoms with Crippen LogP contribution in [-0.2, 0) is 21.0 Å². The lowest BCUT2D eigenvalue weighted by molar-refractivity contribution is -0.197. The van der Waals surface area contributed by atoms with Crippen LogP contribution in [0.25, 0.3) is 0 Å². The van der Waals surface area contributed by atoms with Crippen molar-refractivity contribution in [2.75, 3.05) is 24.6 Å². The van der Waals surface area contributed by atoms with Gasteiger partial charge in [-0.15, -0.1) is 0 Å². The van der Waals surface area contributed by atoms with Crippen LogP contribution in [0.5, 0.6) is 0 Å². The Morgan fingerprint density at radius 2 is 1.91 bits per heavy atom. The number of carbonyl (C=O) groups is 2. The van der Waals surface area contributed by atoms with Gasteiger partial charge in [-0.3, -0.25) is 14.3 Å². The van der Waals surface area contributed by atoms with Gasteiger partial charge < -0.3 is 10.0 Å². The zero-order chi connectivity index (χ0) is 23.3. The number of hydrogen-bond acceptors (Lipinski definition) is 7. The summed E-state index contributed by atoms with van der Waals surface area (Å²) in [6.45, 7) is 2.30. The Kier molecular flexibility index (Phi) is 7.22. The SMILES string of the molecule is O=C(CC1CN(c2ncc(F)cn2)Cc2ccnn21)N1CCCCO1.O=C(O)C(F)(F)F. The van der Waals surface area contributed by atoms with Gasteiger partial charge in [0.05, 0.1) is 43.7 Å². The number of carbonyl (C=O) groups excluding carboxylic acids is 1. The Bertz CT molecular complexity index is 930. The van der Waals surface area contributed by atoms with E-state index in [1.165, 1.54) is 5.06 Å². The fourth-order valence-electron chi connectivity index (χ4n) is 3.26. The molecular formula is C18H20F4N6O4. The minimum Gasteiger partial charge on any atom is -0.475 e. The quantitative estimate of drug-likeness (QED) is 0.692. The fraction of sp³-hybridized carbons (Fsp3) is 0.500. The van der Waals surface area contributed by atoms with Crippen LogP contribution < -0.4 is 4.90 Å². The topological polar surface area (TPSA) is 114 Å². The lowest BCUT2D eigenvalue weighted by Gasteiger charge is -2.35. The van der Waals surface area contributed by atoms with E-state index in [2.05, 4.69) is 15.1 Å². The van der Waals surface area contributed by atoms with Crippen molar-refractivity contribution >= 4 is 17.8 Å². The van der Waals surface area contributed by atoms with Crippen molar-refractivity contribution < 1.29 is 37.1 Å². The van der Waals surface area contributed by atoms with Crippen LogP contribution in [0, 0.1) is 5.82 Å². The molecular weight excluding hydrogens is 440 g/mol. The number of halogens is 4. The molecule has 32 heavy (non-hydrogen) atoms. The summed E-state index contributed by atoms with van der Waals surface area (Å²) >= 11 is 0. The second-order valence-electron chi connectivity index (χ2n) is 7.05. The lowest BCUT2D eigenvalue weighted by Crippen LogP contribution is -2.42. The molecule has 10 nitrogen and oxygen atoms in total. The summed E-state index contributed by atoms with van der Waals surface area (Å²) in [6.07, 6.45) is 1.16. The van der Waals surface area contributed by atoms with E-state index in [0.29, 0.717) is 32.2 Å². The normalized spacial score (nSPS) is 18.4. The molecule has 1 unspecified atom stereocenters. The third-order valence-electron chi connectivity index (χ3n) is 4.71. The zero-order valence-corrected chi connectivity index (χ0v) is 16.7. The molecule has 2 aromatic heterocycles. The van der Waals surface area contributed by atoms with Crippen LogP contribution >= 0.6 is 0 Å². The maximum Gasteiger partial charge on any atom is 0.490 e. The van der Waals surface area contributed by atoms with Crippen LogP contribution in [0.3, 0.4) is 0 Å². The predicted octanol–water partition coefficient (Wildman–Crippen LogP) is 1.95. The first-order valence-electron chi connectivity index (χ1n) is 9.63. The highest BCUT2D eigenvalue weighted by molar-refractivity contribution is 5.75. The third-order valence-corrected chi connectivity index (χ3v) is 4.71. The Balaban J connectivity index is 0.000000360. The van der Waals surface area contributed by atoms with Gasteiger partial charge in [-0.1, -0.05) is 0 Å². The van der Waals surface area contributed by atoms with E-state index in [1.54, 1.807) is 6.20 Å². The summed E-state index contributed by atoms with van der Waals surface area (Å²) in [5, 5.41) is 12.9. The molecule has 1 amide bonds. The van der Waals surface area contributed by atoms with E-state index < -0.39 is 18.0 Å². The predicted molar refractivity (Wildman–Crippen MR) is 99.5 cm³/mol. The van der Waals surface area contributed by atoms with Crippen molar-refractivity contribution in [1.29, 1.82) is 0 Å². The molecule has 0 aliphatic carbocycles. The number of carboxylic acid groups (broad SMARTS) is 1. The highest BCUT2D eigenvalue weighted by atomic mass is 19.4. The van der Waals surface area contributed by atoms with Gasteiger partial charge in [-0.25, -0.2) is 24.2 Å². The molecule has 1 fully saturated rings. The first kappa shape index (κ1) is 23.4. The van der Waals surface area contributed by atoms with E-state index in [9.17, 15) is 22.4 Å². The van der Waals surface area contributed by atoms with E-state index in [4.69, 9.17) is 14.7 Å². The number of hydroxylamine groups is 2. The number of carboxylic acids is 1. The highest BCUT2D eigenvalue weighted by Crippen LogP contribution is 2.26. The molecule has 4 rings (SSSR count). The standard InChI is InChI=1S/C16H19FN6O2.C2HF3O2/c17-12-8-18-16(19-9-12)21-10-13-3-4-20-23(13)14(11-21)7-15(24)22-5-1-2-6-25-22;3-2(4,5)1(6)7/h3-4,8-9,14H,1-2,5-7,10-11H2;(H,6,7). The van der Waals surface area contributed by atoms with Gasteiger partial charge in [0, 0.05) is 19.3 Å². The van der Waals surface area contributed by atoms with Crippen LogP contribution in [-0.4, -0.2) is 67.7 Å².